The zero-order valence-corrected chi connectivity index (χ0v) is 14.7. The Morgan fingerprint density at radius 3 is 2.52 bits per heavy atom. The van der Waals surface area contributed by atoms with Gasteiger partial charge in [-0.15, -0.1) is 5.10 Å². The van der Waals surface area contributed by atoms with Crippen molar-refractivity contribution < 1.29 is 14.6 Å². The SMILES string of the molecule is COc1cc(Nc2nc3c(-c4cccc(O)c4)nccn3n2)cc(OC)c1. The van der Waals surface area contributed by atoms with Gasteiger partial charge in [-0.25, -0.2) is 4.52 Å². The van der Waals surface area contributed by atoms with Crippen LogP contribution in [0.3, 0.4) is 0 Å². The molecular weight excluding hydrogens is 346 g/mol. The van der Waals surface area contributed by atoms with E-state index in [1.807, 2.05) is 18.2 Å². The average molecular weight is 363 g/mol. The van der Waals surface area contributed by atoms with Crippen LogP contribution >= 0.6 is 0 Å². The number of phenols is 1. The molecule has 4 rings (SSSR count). The first kappa shape index (κ1) is 16.6. The molecule has 0 amide bonds. The number of nitrogens with zero attached hydrogens (tertiary/aromatic N) is 4. The summed E-state index contributed by atoms with van der Waals surface area (Å²) in [6.45, 7) is 0. The number of benzene rings is 2. The van der Waals surface area contributed by atoms with Gasteiger partial charge in [0.1, 0.15) is 22.9 Å². The molecule has 2 aromatic heterocycles. The highest BCUT2D eigenvalue weighted by atomic mass is 16.5. The Labute approximate surface area is 155 Å². The van der Waals surface area contributed by atoms with Crippen molar-refractivity contribution in [1.29, 1.82) is 0 Å². The van der Waals surface area contributed by atoms with E-state index in [4.69, 9.17) is 9.47 Å². The quantitative estimate of drug-likeness (QED) is 0.562. The number of rotatable bonds is 5. The van der Waals surface area contributed by atoms with Gasteiger partial charge in [-0.1, -0.05) is 12.1 Å². The van der Waals surface area contributed by atoms with Crippen LogP contribution in [0.4, 0.5) is 11.6 Å². The number of hydrogen-bond acceptors (Lipinski definition) is 7. The maximum atomic E-state index is 9.74. The summed E-state index contributed by atoms with van der Waals surface area (Å²) in [6, 6.07) is 12.3. The average Bonchev–Trinajstić information content (AvgIpc) is 3.09. The van der Waals surface area contributed by atoms with E-state index in [1.54, 1.807) is 55.4 Å². The van der Waals surface area contributed by atoms with Crippen molar-refractivity contribution in [3.8, 4) is 28.5 Å². The lowest BCUT2D eigenvalue weighted by atomic mass is 10.1. The summed E-state index contributed by atoms with van der Waals surface area (Å²) < 4.78 is 12.2. The lowest BCUT2D eigenvalue weighted by Gasteiger charge is -2.08. The summed E-state index contributed by atoms with van der Waals surface area (Å²) in [5.74, 6) is 1.88. The van der Waals surface area contributed by atoms with Crippen LogP contribution < -0.4 is 14.8 Å². The zero-order valence-electron chi connectivity index (χ0n) is 14.7. The Kier molecular flexibility index (Phi) is 4.21. The molecule has 8 heteroatoms. The molecular formula is C19H17N5O3. The highest BCUT2D eigenvalue weighted by Gasteiger charge is 2.12. The molecule has 8 nitrogen and oxygen atoms in total. The summed E-state index contributed by atoms with van der Waals surface area (Å²) in [5.41, 5.74) is 2.68. The number of hydrogen-bond donors (Lipinski definition) is 2. The minimum Gasteiger partial charge on any atom is -0.508 e. The Morgan fingerprint density at radius 2 is 1.81 bits per heavy atom. The lowest BCUT2D eigenvalue weighted by Crippen LogP contribution is -1.95. The van der Waals surface area contributed by atoms with Gasteiger partial charge in [-0.3, -0.25) is 4.98 Å². The second kappa shape index (κ2) is 6.83. The van der Waals surface area contributed by atoms with Gasteiger partial charge >= 0.3 is 0 Å². The van der Waals surface area contributed by atoms with Gasteiger partial charge in [0.25, 0.3) is 0 Å². The summed E-state index contributed by atoms with van der Waals surface area (Å²) >= 11 is 0. The molecule has 27 heavy (non-hydrogen) atoms. The Balaban J connectivity index is 1.73. The van der Waals surface area contributed by atoms with Crippen molar-refractivity contribution in [3.63, 3.8) is 0 Å². The van der Waals surface area contributed by atoms with Gasteiger partial charge < -0.3 is 19.9 Å². The number of aromatic hydroxyl groups is 1. The largest absolute Gasteiger partial charge is 0.508 e. The fraction of sp³-hybridized carbons (Fsp3) is 0.105. The van der Waals surface area contributed by atoms with Gasteiger partial charge in [-0.2, -0.15) is 4.98 Å². The van der Waals surface area contributed by atoms with Crippen LogP contribution in [0.25, 0.3) is 16.9 Å². The first-order valence-electron chi connectivity index (χ1n) is 8.17. The number of aromatic nitrogens is 4. The van der Waals surface area contributed by atoms with Crippen molar-refractivity contribution in [3.05, 3.63) is 54.9 Å². The lowest BCUT2D eigenvalue weighted by molar-refractivity contribution is 0.395. The first-order valence-corrected chi connectivity index (χ1v) is 8.17. The van der Waals surface area contributed by atoms with Gasteiger partial charge in [-0.05, 0) is 12.1 Å². The maximum absolute atomic E-state index is 9.74. The third-order valence-electron chi connectivity index (χ3n) is 3.98. The Hall–Kier alpha value is -3.81. The molecule has 2 N–H and O–H groups in total. The summed E-state index contributed by atoms with van der Waals surface area (Å²) in [6.07, 6.45) is 3.35. The third-order valence-corrected chi connectivity index (χ3v) is 3.98. The van der Waals surface area contributed by atoms with Crippen LogP contribution in [-0.4, -0.2) is 38.9 Å². The molecule has 0 atom stereocenters. The molecule has 0 aliphatic rings. The molecule has 2 heterocycles. The van der Waals surface area contributed by atoms with Gasteiger partial charge in [0.2, 0.25) is 5.95 Å². The number of fused-ring (bicyclic) bond motifs is 1. The van der Waals surface area contributed by atoms with Gasteiger partial charge in [0.05, 0.1) is 14.2 Å². The van der Waals surface area contributed by atoms with E-state index in [1.165, 1.54) is 0 Å². The smallest absolute Gasteiger partial charge is 0.247 e. The number of ether oxygens (including phenoxy) is 2. The van der Waals surface area contributed by atoms with Crippen LogP contribution in [0.1, 0.15) is 0 Å². The maximum Gasteiger partial charge on any atom is 0.247 e. The van der Waals surface area contributed by atoms with Crippen molar-refractivity contribution in [2.75, 3.05) is 19.5 Å². The van der Waals surface area contributed by atoms with E-state index >= 15 is 0 Å². The zero-order chi connectivity index (χ0) is 18.8. The fourth-order valence-corrected chi connectivity index (χ4v) is 2.74. The van der Waals surface area contributed by atoms with E-state index in [2.05, 4.69) is 20.4 Å². The van der Waals surface area contributed by atoms with Gasteiger partial charge in [0, 0.05) is 41.8 Å². The monoisotopic (exact) mass is 363 g/mol. The van der Waals surface area contributed by atoms with E-state index in [9.17, 15) is 5.11 Å². The minimum atomic E-state index is 0.164. The molecule has 0 aliphatic carbocycles. The second-order valence-corrected chi connectivity index (χ2v) is 5.76. The Bertz CT molecular complexity index is 1090. The Morgan fingerprint density at radius 1 is 1.04 bits per heavy atom. The molecule has 0 saturated heterocycles. The van der Waals surface area contributed by atoms with Crippen molar-refractivity contribution in [1.82, 2.24) is 19.6 Å². The normalized spacial score (nSPS) is 10.7. The molecule has 0 spiro atoms. The molecule has 0 aliphatic heterocycles. The van der Waals surface area contributed by atoms with Crippen molar-refractivity contribution in [2.45, 2.75) is 0 Å². The number of anilines is 2. The molecule has 0 bridgehead atoms. The van der Waals surface area contributed by atoms with E-state index in [-0.39, 0.29) is 5.75 Å². The first-order chi connectivity index (χ1) is 13.2. The molecule has 0 radical (unpaired) electrons. The molecule has 0 fully saturated rings. The van der Waals surface area contributed by atoms with Gasteiger partial charge in [0.15, 0.2) is 5.65 Å². The summed E-state index contributed by atoms with van der Waals surface area (Å²) in [7, 11) is 3.18. The number of methoxy groups -OCH3 is 2. The topological polar surface area (TPSA) is 93.8 Å². The fourth-order valence-electron chi connectivity index (χ4n) is 2.74. The van der Waals surface area contributed by atoms with Crippen molar-refractivity contribution in [2.24, 2.45) is 0 Å². The summed E-state index contributed by atoms with van der Waals surface area (Å²) in [4.78, 5) is 8.93. The molecule has 2 aromatic carbocycles. The molecule has 4 aromatic rings. The minimum absolute atomic E-state index is 0.164. The van der Waals surface area contributed by atoms with Crippen molar-refractivity contribution >= 4 is 17.3 Å². The molecule has 136 valence electrons. The number of phenolic OH excluding ortho intramolecular Hbond substituents is 1. The standard InChI is InChI=1S/C19H17N5O3/c1-26-15-9-13(10-16(11-15)27-2)21-19-22-18-17(20-6-7-24(18)23-19)12-4-3-5-14(25)8-12/h3-11,25H,1-2H3,(H,21,23). The van der Waals surface area contributed by atoms with E-state index < -0.39 is 0 Å². The van der Waals surface area contributed by atoms with Crippen LogP contribution in [0, 0.1) is 0 Å². The van der Waals surface area contributed by atoms with Crippen LogP contribution in [0.15, 0.2) is 54.9 Å². The van der Waals surface area contributed by atoms with Crippen LogP contribution in [0.2, 0.25) is 0 Å². The molecule has 0 saturated carbocycles. The predicted molar refractivity (Wildman–Crippen MR) is 101 cm³/mol. The third kappa shape index (κ3) is 3.32. The van der Waals surface area contributed by atoms with Crippen LogP contribution in [-0.2, 0) is 0 Å². The summed E-state index contributed by atoms with van der Waals surface area (Å²) in [5, 5.41) is 17.3. The predicted octanol–water partition coefficient (Wildman–Crippen LogP) is 3.26. The highest BCUT2D eigenvalue weighted by Crippen LogP contribution is 2.28. The highest BCUT2D eigenvalue weighted by molar-refractivity contribution is 5.75. The van der Waals surface area contributed by atoms with E-state index in [0.717, 1.165) is 11.3 Å². The second-order valence-electron chi connectivity index (χ2n) is 5.76. The van der Waals surface area contributed by atoms with Crippen LogP contribution in [0.5, 0.6) is 17.2 Å². The van der Waals surface area contributed by atoms with E-state index in [0.29, 0.717) is 28.8 Å². The number of nitrogens with one attached hydrogen (secondary N) is 1. The molecule has 0 unspecified atom stereocenters.